The van der Waals surface area contributed by atoms with E-state index in [2.05, 4.69) is 23.6 Å². The molecule has 1 aromatic carbocycles. The zero-order valence-electron chi connectivity index (χ0n) is 11.5. The molecule has 0 aliphatic carbocycles. The quantitative estimate of drug-likeness (QED) is 0.864. The predicted octanol–water partition coefficient (Wildman–Crippen LogP) is 3.50. The molecule has 0 aromatic heterocycles. The molecule has 0 saturated carbocycles. The fraction of sp³-hybridized carbons (Fsp3) is 0.571. The van der Waals surface area contributed by atoms with Crippen molar-refractivity contribution in [3.63, 3.8) is 0 Å². The molecule has 19 heavy (non-hydrogen) atoms. The van der Waals surface area contributed by atoms with Crippen LogP contribution < -0.4 is 10.6 Å². The summed E-state index contributed by atoms with van der Waals surface area (Å²) in [5, 5.41) is 1.08. The van der Waals surface area contributed by atoms with Crippen molar-refractivity contribution in [1.29, 1.82) is 0 Å². The minimum atomic E-state index is 0.516. The van der Waals surface area contributed by atoms with E-state index in [1.807, 2.05) is 6.07 Å². The van der Waals surface area contributed by atoms with Gasteiger partial charge < -0.3 is 10.6 Å². The Morgan fingerprint density at radius 3 is 2.53 bits per heavy atom. The monoisotopic (exact) mass is 301 g/mol. The number of nitrogens with zero attached hydrogens (tertiary/aromatic N) is 2. The van der Waals surface area contributed by atoms with Crippen LogP contribution in [-0.4, -0.2) is 37.1 Å². The Hall–Kier alpha value is -0.640. The lowest BCUT2D eigenvalue weighted by Gasteiger charge is -2.27. The molecule has 5 heteroatoms. The topological polar surface area (TPSA) is 32.5 Å². The van der Waals surface area contributed by atoms with Gasteiger partial charge in [-0.15, -0.1) is 0 Å². The number of rotatable bonds is 4. The van der Waals surface area contributed by atoms with Crippen molar-refractivity contribution in [2.24, 2.45) is 0 Å². The van der Waals surface area contributed by atoms with E-state index < -0.39 is 0 Å². The molecule has 3 nitrogen and oxygen atoms in total. The van der Waals surface area contributed by atoms with Gasteiger partial charge >= 0.3 is 0 Å². The molecule has 1 heterocycles. The second-order valence-electron chi connectivity index (χ2n) is 4.93. The van der Waals surface area contributed by atoms with Gasteiger partial charge in [0.05, 0.1) is 21.4 Å². The van der Waals surface area contributed by atoms with Gasteiger partial charge in [0, 0.05) is 19.1 Å². The third-order valence-corrected chi connectivity index (χ3v) is 4.62. The van der Waals surface area contributed by atoms with E-state index in [0.29, 0.717) is 21.8 Å². The van der Waals surface area contributed by atoms with Crippen molar-refractivity contribution < 1.29 is 0 Å². The minimum absolute atomic E-state index is 0.516. The average Bonchev–Trinajstić information content (AvgIpc) is 2.85. The van der Waals surface area contributed by atoms with Crippen LogP contribution in [0.2, 0.25) is 10.0 Å². The van der Waals surface area contributed by atoms with Gasteiger partial charge in [-0.2, -0.15) is 0 Å². The fourth-order valence-corrected chi connectivity index (χ4v) is 3.15. The summed E-state index contributed by atoms with van der Waals surface area (Å²) in [6.07, 6.45) is 1.17. The second-order valence-corrected chi connectivity index (χ2v) is 5.75. The standard InChI is InChI=1S/C14H21Cl2N3/c1-3-18(4-2)10-5-6-19(9-10)14-8-12(16)11(15)7-13(14)17/h7-8,10H,3-6,9,17H2,1-2H3. The average molecular weight is 302 g/mol. The molecule has 1 aliphatic heterocycles. The van der Waals surface area contributed by atoms with Crippen LogP contribution in [0.5, 0.6) is 0 Å². The van der Waals surface area contributed by atoms with Gasteiger partial charge in [-0.05, 0) is 31.6 Å². The number of likely N-dealkylation sites (N-methyl/N-ethyl adjacent to an activating group) is 1. The molecule has 1 aliphatic rings. The first kappa shape index (κ1) is 14.8. The van der Waals surface area contributed by atoms with Crippen LogP contribution in [-0.2, 0) is 0 Å². The van der Waals surface area contributed by atoms with E-state index in [-0.39, 0.29) is 0 Å². The lowest BCUT2D eigenvalue weighted by molar-refractivity contribution is 0.232. The van der Waals surface area contributed by atoms with E-state index in [0.717, 1.165) is 31.9 Å². The number of hydrogen-bond acceptors (Lipinski definition) is 3. The summed E-state index contributed by atoms with van der Waals surface area (Å²) in [5.41, 5.74) is 7.77. The maximum atomic E-state index is 6.09. The number of hydrogen-bond donors (Lipinski definition) is 1. The molecule has 1 fully saturated rings. The van der Waals surface area contributed by atoms with Crippen molar-refractivity contribution in [3.8, 4) is 0 Å². The molecule has 1 atom stereocenters. The third kappa shape index (κ3) is 3.10. The number of nitrogens with two attached hydrogens (primary N) is 1. The largest absolute Gasteiger partial charge is 0.397 e. The maximum absolute atomic E-state index is 6.09. The molecule has 0 spiro atoms. The van der Waals surface area contributed by atoms with Crippen molar-refractivity contribution in [3.05, 3.63) is 22.2 Å². The number of benzene rings is 1. The summed E-state index contributed by atoms with van der Waals surface area (Å²) in [4.78, 5) is 4.80. The summed E-state index contributed by atoms with van der Waals surface area (Å²) < 4.78 is 0. The lowest BCUT2D eigenvalue weighted by Crippen LogP contribution is -2.37. The van der Waals surface area contributed by atoms with Crippen LogP contribution in [0.25, 0.3) is 0 Å². The molecule has 1 saturated heterocycles. The van der Waals surface area contributed by atoms with Crippen LogP contribution >= 0.6 is 23.2 Å². The molecule has 2 N–H and O–H groups in total. The maximum Gasteiger partial charge on any atom is 0.0616 e. The SMILES string of the molecule is CCN(CC)C1CCN(c2cc(Cl)c(Cl)cc2N)C1. The Bertz CT molecular complexity index is 447. The van der Waals surface area contributed by atoms with Crippen molar-refractivity contribution >= 4 is 34.6 Å². The fourth-order valence-electron chi connectivity index (χ4n) is 2.82. The zero-order valence-corrected chi connectivity index (χ0v) is 13.0. The lowest BCUT2D eigenvalue weighted by atomic mass is 10.2. The molecule has 1 unspecified atom stereocenters. The summed E-state index contributed by atoms with van der Waals surface area (Å²) in [6.45, 7) is 8.62. The van der Waals surface area contributed by atoms with Crippen LogP contribution in [0.3, 0.4) is 0 Å². The first-order valence-corrected chi connectivity index (χ1v) is 7.55. The van der Waals surface area contributed by atoms with E-state index in [1.165, 1.54) is 6.42 Å². The van der Waals surface area contributed by atoms with Crippen LogP contribution in [0, 0.1) is 0 Å². The Balaban J connectivity index is 2.15. The van der Waals surface area contributed by atoms with E-state index in [1.54, 1.807) is 6.07 Å². The van der Waals surface area contributed by atoms with Gasteiger partial charge in [0.15, 0.2) is 0 Å². The highest BCUT2D eigenvalue weighted by Crippen LogP contribution is 2.35. The molecule has 106 valence electrons. The highest BCUT2D eigenvalue weighted by molar-refractivity contribution is 6.42. The highest BCUT2D eigenvalue weighted by Gasteiger charge is 2.27. The first-order chi connectivity index (χ1) is 9.06. The zero-order chi connectivity index (χ0) is 14.0. The first-order valence-electron chi connectivity index (χ1n) is 6.80. The summed E-state index contributed by atoms with van der Waals surface area (Å²) in [6, 6.07) is 4.22. The highest BCUT2D eigenvalue weighted by atomic mass is 35.5. The summed E-state index contributed by atoms with van der Waals surface area (Å²) in [7, 11) is 0. The van der Waals surface area contributed by atoms with E-state index >= 15 is 0 Å². The Labute approximate surface area is 125 Å². The molecular weight excluding hydrogens is 281 g/mol. The van der Waals surface area contributed by atoms with Crippen molar-refractivity contribution in [2.45, 2.75) is 26.3 Å². The van der Waals surface area contributed by atoms with Crippen molar-refractivity contribution in [2.75, 3.05) is 36.8 Å². The molecular formula is C14H21Cl2N3. The number of halogens is 2. The van der Waals surface area contributed by atoms with Gasteiger partial charge in [-0.25, -0.2) is 0 Å². The minimum Gasteiger partial charge on any atom is -0.397 e. The van der Waals surface area contributed by atoms with Crippen LogP contribution in [0.15, 0.2) is 12.1 Å². The summed E-state index contributed by atoms with van der Waals surface area (Å²) >= 11 is 12.1. The Kier molecular flexibility index (Phi) is 4.82. The van der Waals surface area contributed by atoms with Crippen LogP contribution in [0.1, 0.15) is 20.3 Å². The van der Waals surface area contributed by atoms with Gasteiger partial charge in [0.2, 0.25) is 0 Å². The molecule has 0 amide bonds. The van der Waals surface area contributed by atoms with E-state index in [4.69, 9.17) is 28.9 Å². The molecule has 2 rings (SSSR count). The predicted molar refractivity (Wildman–Crippen MR) is 84.4 cm³/mol. The van der Waals surface area contributed by atoms with Gasteiger partial charge in [-0.3, -0.25) is 4.90 Å². The van der Waals surface area contributed by atoms with E-state index in [9.17, 15) is 0 Å². The second kappa shape index (κ2) is 6.21. The molecule has 0 radical (unpaired) electrons. The van der Waals surface area contributed by atoms with Gasteiger partial charge in [0.1, 0.15) is 0 Å². The number of nitrogen functional groups attached to an aromatic ring is 1. The normalized spacial score (nSPS) is 19.4. The Morgan fingerprint density at radius 1 is 1.26 bits per heavy atom. The van der Waals surface area contributed by atoms with Gasteiger partial charge in [0.25, 0.3) is 0 Å². The summed E-state index contributed by atoms with van der Waals surface area (Å²) in [5.74, 6) is 0. The molecule has 0 bridgehead atoms. The number of anilines is 2. The third-order valence-electron chi connectivity index (χ3n) is 3.90. The van der Waals surface area contributed by atoms with Crippen molar-refractivity contribution in [1.82, 2.24) is 4.90 Å². The Morgan fingerprint density at radius 2 is 1.89 bits per heavy atom. The van der Waals surface area contributed by atoms with Gasteiger partial charge in [-0.1, -0.05) is 37.0 Å². The van der Waals surface area contributed by atoms with Crippen LogP contribution in [0.4, 0.5) is 11.4 Å². The smallest absolute Gasteiger partial charge is 0.0616 e. The molecule has 1 aromatic rings.